The summed E-state index contributed by atoms with van der Waals surface area (Å²) in [4.78, 5) is 4.28. The Morgan fingerprint density at radius 1 is 1.33 bits per heavy atom. The standard InChI is InChI=1S/C14H22N2O2/c1-11(2)17-7-8-18-14-6-3-12(10-16-14)9-15-13-4-5-13/h3,6,10-11,13,15H,4-5,7-9H2,1-2H3. The van der Waals surface area contributed by atoms with Crippen LogP contribution in [-0.2, 0) is 11.3 Å². The van der Waals surface area contributed by atoms with Crippen LogP contribution < -0.4 is 10.1 Å². The Morgan fingerprint density at radius 3 is 2.78 bits per heavy atom. The summed E-state index contributed by atoms with van der Waals surface area (Å²) < 4.78 is 10.9. The average molecular weight is 250 g/mol. The highest BCUT2D eigenvalue weighted by atomic mass is 16.5. The van der Waals surface area contributed by atoms with Crippen LogP contribution in [0.2, 0.25) is 0 Å². The van der Waals surface area contributed by atoms with Crippen LogP contribution in [-0.4, -0.2) is 30.3 Å². The number of pyridine rings is 1. The van der Waals surface area contributed by atoms with Gasteiger partial charge in [-0.05, 0) is 32.3 Å². The van der Waals surface area contributed by atoms with Crippen LogP contribution in [0.25, 0.3) is 0 Å². The molecule has 1 heterocycles. The second-order valence-electron chi connectivity index (χ2n) is 4.93. The highest BCUT2D eigenvalue weighted by molar-refractivity contribution is 5.17. The number of ether oxygens (including phenoxy) is 2. The number of nitrogens with one attached hydrogen (secondary N) is 1. The van der Waals surface area contributed by atoms with Crippen LogP contribution in [0.3, 0.4) is 0 Å². The van der Waals surface area contributed by atoms with Crippen LogP contribution in [0, 0.1) is 0 Å². The first kappa shape index (κ1) is 13.3. The minimum atomic E-state index is 0.248. The van der Waals surface area contributed by atoms with Gasteiger partial charge >= 0.3 is 0 Å². The third kappa shape index (κ3) is 5.02. The molecule has 4 heteroatoms. The van der Waals surface area contributed by atoms with E-state index in [4.69, 9.17) is 9.47 Å². The molecule has 18 heavy (non-hydrogen) atoms. The maximum atomic E-state index is 5.49. The van der Waals surface area contributed by atoms with Crippen molar-refractivity contribution in [2.75, 3.05) is 13.2 Å². The summed E-state index contributed by atoms with van der Waals surface area (Å²) in [5.41, 5.74) is 1.20. The summed E-state index contributed by atoms with van der Waals surface area (Å²) in [6.45, 7) is 6.07. The molecule has 0 bridgehead atoms. The minimum Gasteiger partial charge on any atom is -0.475 e. The predicted molar refractivity (Wildman–Crippen MR) is 70.7 cm³/mol. The normalized spacial score (nSPS) is 15.1. The Morgan fingerprint density at radius 2 is 2.17 bits per heavy atom. The molecule has 1 aromatic rings. The average Bonchev–Trinajstić information content (AvgIpc) is 3.17. The van der Waals surface area contributed by atoms with E-state index < -0.39 is 0 Å². The van der Waals surface area contributed by atoms with Gasteiger partial charge in [0.05, 0.1) is 12.7 Å². The molecule has 1 fully saturated rings. The molecule has 0 spiro atoms. The molecule has 1 saturated carbocycles. The zero-order valence-electron chi connectivity index (χ0n) is 11.2. The lowest BCUT2D eigenvalue weighted by Crippen LogP contribution is -2.15. The van der Waals surface area contributed by atoms with Crippen LogP contribution in [0.4, 0.5) is 0 Å². The third-order valence-corrected chi connectivity index (χ3v) is 2.75. The summed E-state index contributed by atoms with van der Waals surface area (Å²) in [5, 5.41) is 3.46. The minimum absolute atomic E-state index is 0.248. The molecule has 1 aromatic heterocycles. The Balaban J connectivity index is 1.66. The fourth-order valence-electron chi connectivity index (χ4n) is 1.58. The van der Waals surface area contributed by atoms with Crippen molar-refractivity contribution in [2.24, 2.45) is 0 Å². The van der Waals surface area contributed by atoms with E-state index in [1.165, 1.54) is 18.4 Å². The van der Waals surface area contributed by atoms with Crippen molar-refractivity contribution < 1.29 is 9.47 Å². The lowest BCUT2D eigenvalue weighted by molar-refractivity contribution is 0.0542. The van der Waals surface area contributed by atoms with Gasteiger partial charge in [-0.3, -0.25) is 0 Å². The van der Waals surface area contributed by atoms with E-state index in [0.717, 1.165) is 12.6 Å². The van der Waals surface area contributed by atoms with Gasteiger partial charge in [-0.1, -0.05) is 6.07 Å². The Kier molecular flexibility index (Phi) is 4.96. The lowest BCUT2D eigenvalue weighted by Gasteiger charge is -2.09. The van der Waals surface area contributed by atoms with Crippen molar-refractivity contribution in [2.45, 2.75) is 45.4 Å². The van der Waals surface area contributed by atoms with E-state index in [1.807, 2.05) is 26.1 Å². The molecule has 2 rings (SSSR count). The lowest BCUT2D eigenvalue weighted by atomic mass is 10.3. The van der Waals surface area contributed by atoms with E-state index in [0.29, 0.717) is 19.1 Å². The maximum Gasteiger partial charge on any atom is 0.213 e. The van der Waals surface area contributed by atoms with Gasteiger partial charge in [0.1, 0.15) is 6.61 Å². The van der Waals surface area contributed by atoms with Crippen molar-refractivity contribution in [3.8, 4) is 5.88 Å². The zero-order valence-corrected chi connectivity index (χ0v) is 11.2. The summed E-state index contributed by atoms with van der Waals surface area (Å²) in [7, 11) is 0. The second-order valence-corrected chi connectivity index (χ2v) is 4.93. The largest absolute Gasteiger partial charge is 0.475 e. The van der Waals surface area contributed by atoms with E-state index in [2.05, 4.69) is 16.4 Å². The summed E-state index contributed by atoms with van der Waals surface area (Å²) in [6.07, 6.45) is 4.74. The summed E-state index contributed by atoms with van der Waals surface area (Å²) in [5.74, 6) is 0.664. The van der Waals surface area contributed by atoms with Crippen LogP contribution in [0.5, 0.6) is 5.88 Å². The maximum absolute atomic E-state index is 5.49. The predicted octanol–water partition coefficient (Wildman–Crippen LogP) is 2.14. The topological polar surface area (TPSA) is 43.4 Å². The van der Waals surface area contributed by atoms with Crippen molar-refractivity contribution >= 4 is 0 Å². The molecule has 1 aliphatic rings. The molecular weight excluding hydrogens is 228 g/mol. The highest BCUT2D eigenvalue weighted by Crippen LogP contribution is 2.19. The molecule has 1 N–H and O–H groups in total. The van der Waals surface area contributed by atoms with E-state index in [1.54, 1.807) is 0 Å². The van der Waals surface area contributed by atoms with Gasteiger partial charge in [-0.25, -0.2) is 4.98 Å². The van der Waals surface area contributed by atoms with E-state index in [9.17, 15) is 0 Å². The van der Waals surface area contributed by atoms with E-state index in [-0.39, 0.29) is 6.10 Å². The van der Waals surface area contributed by atoms with E-state index >= 15 is 0 Å². The van der Waals surface area contributed by atoms with Gasteiger partial charge in [-0.15, -0.1) is 0 Å². The summed E-state index contributed by atoms with van der Waals surface area (Å²) >= 11 is 0. The highest BCUT2D eigenvalue weighted by Gasteiger charge is 2.19. The monoisotopic (exact) mass is 250 g/mol. The zero-order chi connectivity index (χ0) is 12.8. The molecule has 1 aliphatic carbocycles. The molecule has 0 atom stereocenters. The Labute approximate surface area is 109 Å². The molecular formula is C14H22N2O2. The van der Waals surface area contributed by atoms with Crippen LogP contribution in [0.1, 0.15) is 32.3 Å². The first-order chi connectivity index (χ1) is 8.74. The first-order valence-corrected chi connectivity index (χ1v) is 6.67. The number of hydrogen-bond donors (Lipinski definition) is 1. The van der Waals surface area contributed by atoms with Gasteiger partial charge in [-0.2, -0.15) is 0 Å². The molecule has 4 nitrogen and oxygen atoms in total. The van der Waals surface area contributed by atoms with Gasteiger partial charge < -0.3 is 14.8 Å². The first-order valence-electron chi connectivity index (χ1n) is 6.67. The molecule has 0 saturated heterocycles. The fraction of sp³-hybridized carbons (Fsp3) is 0.643. The van der Waals surface area contributed by atoms with Crippen molar-refractivity contribution in [3.05, 3.63) is 23.9 Å². The van der Waals surface area contributed by atoms with Crippen molar-refractivity contribution in [3.63, 3.8) is 0 Å². The Hall–Kier alpha value is -1.13. The number of nitrogens with zero attached hydrogens (tertiary/aromatic N) is 1. The molecule has 0 aromatic carbocycles. The molecule has 0 unspecified atom stereocenters. The van der Waals surface area contributed by atoms with Crippen LogP contribution in [0.15, 0.2) is 18.3 Å². The number of hydrogen-bond acceptors (Lipinski definition) is 4. The smallest absolute Gasteiger partial charge is 0.213 e. The molecule has 0 radical (unpaired) electrons. The molecule has 0 amide bonds. The molecule has 0 aliphatic heterocycles. The Bertz CT molecular complexity index is 347. The van der Waals surface area contributed by atoms with Gasteiger partial charge in [0.2, 0.25) is 5.88 Å². The fourth-order valence-corrected chi connectivity index (χ4v) is 1.58. The van der Waals surface area contributed by atoms with Crippen molar-refractivity contribution in [1.29, 1.82) is 0 Å². The van der Waals surface area contributed by atoms with Gasteiger partial charge in [0.25, 0.3) is 0 Å². The number of aromatic nitrogens is 1. The molecule has 100 valence electrons. The van der Waals surface area contributed by atoms with Gasteiger partial charge in [0, 0.05) is 24.8 Å². The van der Waals surface area contributed by atoms with Crippen molar-refractivity contribution in [1.82, 2.24) is 10.3 Å². The summed E-state index contributed by atoms with van der Waals surface area (Å²) in [6, 6.07) is 4.70. The third-order valence-electron chi connectivity index (χ3n) is 2.75. The van der Waals surface area contributed by atoms with Crippen LogP contribution >= 0.6 is 0 Å². The van der Waals surface area contributed by atoms with Gasteiger partial charge in [0.15, 0.2) is 0 Å². The quantitative estimate of drug-likeness (QED) is 0.718. The SMILES string of the molecule is CC(C)OCCOc1ccc(CNC2CC2)cn1. The number of rotatable bonds is 8. The second kappa shape index (κ2) is 6.71.